The van der Waals surface area contributed by atoms with E-state index in [1.54, 1.807) is 4.57 Å². The summed E-state index contributed by atoms with van der Waals surface area (Å²) in [5.74, 6) is -0.280. The number of para-hydroxylation sites is 1. The molecule has 0 aliphatic carbocycles. The number of unbranched alkanes of at least 4 members (excludes halogenated alkanes) is 1. The number of aliphatic carboxylic acids is 2. The van der Waals surface area contributed by atoms with E-state index in [1.165, 1.54) is 0 Å². The minimum atomic E-state index is -0.934. The van der Waals surface area contributed by atoms with Crippen LogP contribution in [-0.4, -0.2) is 39.9 Å². The molecule has 0 atom stereocenters. The Bertz CT molecular complexity index is 1520. The average molecular weight is 576 g/mol. The monoisotopic (exact) mass is 575 g/mol. The van der Waals surface area contributed by atoms with Gasteiger partial charge >= 0.3 is 11.9 Å². The molecule has 0 amide bonds. The van der Waals surface area contributed by atoms with Crippen molar-refractivity contribution in [1.29, 1.82) is 0 Å². The van der Waals surface area contributed by atoms with Crippen molar-refractivity contribution < 1.29 is 29.3 Å². The van der Waals surface area contributed by atoms with E-state index in [2.05, 4.69) is 0 Å². The molecule has 0 aliphatic heterocycles. The van der Waals surface area contributed by atoms with Gasteiger partial charge in [-0.25, -0.2) is 0 Å². The van der Waals surface area contributed by atoms with Gasteiger partial charge in [-0.05, 0) is 79.1 Å². The third-order valence-corrected chi connectivity index (χ3v) is 6.95. The SMILES string of the molecule is Cc1ccc(Cl)c(OCCCCOc2ccc(/C=C/c3cccc4c(CCCC(=O)O)cn(CC(=O)O)c34)cc2)c1. The molecule has 3 aromatic carbocycles. The minimum Gasteiger partial charge on any atom is -0.494 e. The molecule has 0 radical (unpaired) electrons. The maximum absolute atomic E-state index is 11.5. The van der Waals surface area contributed by atoms with Gasteiger partial charge in [-0.2, -0.15) is 0 Å². The average Bonchev–Trinajstić information content (AvgIpc) is 3.28. The number of benzene rings is 3. The highest BCUT2D eigenvalue weighted by Crippen LogP contribution is 2.28. The van der Waals surface area contributed by atoms with E-state index in [0.717, 1.165) is 51.7 Å². The van der Waals surface area contributed by atoms with Crippen molar-refractivity contribution in [3.63, 3.8) is 0 Å². The van der Waals surface area contributed by atoms with Crippen LogP contribution in [0.25, 0.3) is 23.1 Å². The lowest BCUT2D eigenvalue weighted by Gasteiger charge is -2.09. The summed E-state index contributed by atoms with van der Waals surface area (Å²) in [6.07, 6.45) is 8.61. The van der Waals surface area contributed by atoms with Crippen LogP contribution in [0.5, 0.6) is 11.5 Å². The molecule has 0 saturated heterocycles. The van der Waals surface area contributed by atoms with E-state index >= 15 is 0 Å². The van der Waals surface area contributed by atoms with Gasteiger partial charge in [0.2, 0.25) is 0 Å². The summed E-state index contributed by atoms with van der Waals surface area (Å²) in [6, 6.07) is 19.4. The van der Waals surface area contributed by atoms with E-state index in [0.29, 0.717) is 36.8 Å². The standard InChI is InChI=1S/C33H34ClNO6/c1-23-10-17-29(34)30(20-23)41-19-3-2-18-40-27-15-12-24(13-16-27)11-14-25-6-4-8-28-26(7-5-9-31(36)37)21-35(33(25)28)22-32(38)39/h4,6,8,10-17,20-21H,2-3,5,7,9,18-19,22H2,1H3,(H,36,37)(H,38,39)/b14-11+. The summed E-state index contributed by atoms with van der Waals surface area (Å²) in [6.45, 7) is 2.99. The summed E-state index contributed by atoms with van der Waals surface area (Å²) < 4.78 is 13.4. The number of carboxylic acids is 2. The molecule has 0 bridgehead atoms. The van der Waals surface area contributed by atoms with Gasteiger partial charge in [0.05, 0.1) is 23.8 Å². The number of hydrogen-bond acceptors (Lipinski definition) is 4. The van der Waals surface area contributed by atoms with Gasteiger partial charge in [-0.3, -0.25) is 9.59 Å². The lowest BCUT2D eigenvalue weighted by Crippen LogP contribution is -2.07. The number of aryl methyl sites for hydroxylation is 2. The van der Waals surface area contributed by atoms with Crippen LogP contribution in [0.3, 0.4) is 0 Å². The lowest BCUT2D eigenvalue weighted by molar-refractivity contribution is -0.138. The third-order valence-electron chi connectivity index (χ3n) is 6.64. The topological polar surface area (TPSA) is 98.0 Å². The van der Waals surface area contributed by atoms with Crippen molar-refractivity contribution in [3.8, 4) is 11.5 Å². The minimum absolute atomic E-state index is 0.0721. The molecule has 2 N–H and O–H groups in total. The zero-order valence-electron chi connectivity index (χ0n) is 23.0. The summed E-state index contributed by atoms with van der Waals surface area (Å²) in [7, 11) is 0. The van der Waals surface area contributed by atoms with E-state index in [9.17, 15) is 14.7 Å². The molecule has 1 heterocycles. The fraction of sp³-hybridized carbons (Fsp3) is 0.273. The Morgan fingerprint density at radius 1 is 0.902 bits per heavy atom. The highest BCUT2D eigenvalue weighted by atomic mass is 35.5. The number of halogens is 1. The first-order chi connectivity index (χ1) is 19.8. The van der Waals surface area contributed by atoms with Crippen LogP contribution in [0, 0.1) is 6.92 Å². The normalized spacial score (nSPS) is 11.3. The predicted molar refractivity (Wildman–Crippen MR) is 162 cm³/mol. The molecular weight excluding hydrogens is 542 g/mol. The lowest BCUT2D eigenvalue weighted by atomic mass is 10.0. The quantitative estimate of drug-likeness (QED) is 0.112. The first kappa shape index (κ1) is 29.7. The maximum atomic E-state index is 11.5. The fourth-order valence-electron chi connectivity index (χ4n) is 4.66. The number of carbonyl (C=O) groups is 2. The molecule has 7 nitrogen and oxygen atoms in total. The molecule has 8 heteroatoms. The second-order valence-corrected chi connectivity index (χ2v) is 10.3. The summed E-state index contributed by atoms with van der Waals surface area (Å²) >= 11 is 6.17. The first-order valence-corrected chi connectivity index (χ1v) is 14.0. The second kappa shape index (κ2) is 14.4. The van der Waals surface area contributed by atoms with Crippen molar-refractivity contribution in [2.75, 3.05) is 13.2 Å². The second-order valence-electron chi connectivity index (χ2n) is 9.91. The maximum Gasteiger partial charge on any atom is 0.323 e. The van der Waals surface area contributed by atoms with Crippen LogP contribution < -0.4 is 9.47 Å². The number of carboxylic acid groups (broad SMARTS) is 2. The highest BCUT2D eigenvalue weighted by Gasteiger charge is 2.13. The van der Waals surface area contributed by atoms with Crippen LogP contribution in [-0.2, 0) is 22.6 Å². The van der Waals surface area contributed by atoms with Crippen molar-refractivity contribution in [3.05, 3.63) is 94.1 Å². The predicted octanol–water partition coefficient (Wildman–Crippen LogP) is 7.50. The van der Waals surface area contributed by atoms with Gasteiger partial charge in [-0.15, -0.1) is 0 Å². The Hall–Kier alpha value is -4.23. The third kappa shape index (κ3) is 8.63. The van der Waals surface area contributed by atoms with Crippen LogP contribution in [0.1, 0.15) is 47.9 Å². The van der Waals surface area contributed by atoms with E-state index in [1.807, 2.05) is 85.9 Å². The molecule has 0 aliphatic rings. The van der Waals surface area contributed by atoms with Crippen molar-refractivity contribution in [2.45, 2.75) is 45.6 Å². The van der Waals surface area contributed by atoms with Crippen molar-refractivity contribution >= 4 is 46.6 Å². The molecule has 41 heavy (non-hydrogen) atoms. The zero-order valence-corrected chi connectivity index (χ0v) is 23.8. The van der Waals surface area contributed by atoms with Crippen LogP contribution in [0.4, 0.5) is 0 Å². The van der Waals surface area contributed by atoms with Gasteiger partial charge < -0.3 is 24.3 Å². The Labute approximate surface area is 244 Å². The van der Waals surface area contributed by atoms with Gasteiger partial charge in [0.15, 0.2) is 0 Å². The zero-order chi connectivity index (χ0) is 29.2. The van der Waals surface area contributed by atoms with Crippen molar-refractivity contribution in [1.82, 2.24) is 4.57 Å². The number of rotatable bonds is 15. The number of fused-ring (bicyclic) bond motifs is 1. The molecule has 0 unspecified atom stereocenters. The molecular formula is C33H34ClNO6. The smallest absolute Gasteiger partial charge is 0.323 e. The van der Waals surface area contributed by atoms with E-state index < -0.39 is 11.9 Å². The number of hydrogen-bond donors (Lipinski definition) is 2. The largest absolute Gasteiger partial charge is 0.494 e. The summed E-state index contributed by atoms with van der Waals surface area (Å²) in [5, 5.41) is 20.0. The van der Waals surface area contributed by atoms with Crippen LogP contribution in [0.2, 0.25) is 5.02 Å². The fourth-order valence-corrected chi connectivity index (χ4v) is 4.83. The molecule has 4 aromatic rings. The first-order valence-electron chi connectivity index (χ1n) is 13.6. The molecule has 0 saturated carbocycles. The van der Waals surface area contributed by atoms with E-state index in [4.69, 9.17) is 26.2 Å². The van der Waals surface area contributed by atoms with Crippen LogP contribution >= 0.6 is 11.6 Å². The molecule has 0 fully saturated rings. The van der Waals surface area contributed by atoms with Gasteiger partial charge in [0, 0.05) is 18.0 Å². The molecule has 0 spiro atoms. The molecule has 4 rings (SSSR count). The van der Waals surface area contributed by atoms with Gasteiger partial charge in [0.25, 0.3) is 0 Å². The molecule has 214 valence electrons. The van der Waals surface area contributed by atoms with Crippen LogP contribution in [0.15, 0.2) is 66.9 Å². The Balaban J connectivity index is 1.34. The highest BCUT2D eigenvalue weighted by molar-refractivity contribution is 6.32. The van der Waals surface area contributed by atoms with Gasteiger partial charge in [0.1, 0.15) is 18.0 Å². The number of aromatic nitrogens is 1. The summed E-state index contributed by atoms with van der Waals surface area (Å²) in [5.41, 5.74) is 4.75. The number of nitrogens with zero attached hydrogens (tertiary/aromatic N) is 1. The Morgan fingerprint density at radius 2 is 1.66 bits per heavy atom. The Morgan fingerprint density at radius 3 is 2.39 bits per heavy atom. The molecule has 1 aromatic heterocycles. The number of ether oxygens (including phenoxy) is 2. The van der Waals surface area contributed by atoms with E-state index in [-0.39, 0.29) is 13.0 Å². The summed E-state index contributed by atoms with van der Waals surface area (Å²) in [4.78, 5) is 22.5. The Kier molecular flexibility index (Phi) is 10.5. The van der Waals surface area contributed by atoms with Crippen molar-refractivity contribution in [2.24, 2.45) is 0 Å². The van der Waals surface area contributed by atoms with Gasteiger partial charge in [-0.1, -0.05) is 60.2 Å².